The molecule has 1 fully saturated rings. The van der Waals surface area contributed by atoms with Gasteiger partial charge in [0.1, 0.15) is 17.5 Å². The molecule has 2 heterocycles. The lowest BCUT2D eigenvalue weighted by Crippen LogP contribution is -2.48. The fourth-order valence-electron chi connectivity index (χ4n) is 3.66. The Hall–Kier alpha value is -1.75. The highest BCUT2D eigenvalue weighted by Crippen LogP contribution is 2.37. The van der Waals surface area contributed by atoms with Crippen molar-refractivity contribution in [3.05, 3.63) is 47.3 Å². The second kappa shape index (κ2) is 5.47. The highest BCUT2D eigenvalue weighted by molar-refractivity contribution is 5.23. The maximum absolute atomic E-state index is 13.0. The summed E-state index contributed by atoms with van der Waals surface area (Å²) >= 11 is 0. The third-order valence-electron chi connectivity index (χ3n) is 4.91. The van der Waals surface area contributed by atoms with Crippen LogP contribution >= 0.6 is 0 Å². The minimum absolute atomic E-state index is 0.154. The van der Waals surface area contributed by atoms with Gasteiger partial charge in [0.05, 0.1) is 6.54 Å². The summed E-state index contributed by atoms with van der Waals surface area (Å²) in [6.07, 6.45) is 4.43. The molecule has 1 aromatic heterocycles. The van der Waals surface area contributed by atoms with E-state index in [1.165, 1.54) is 5.56 Å². The van der Waals surface area contributed by atoms with Crippen LogP contribution in [0.5, 0.6) is 0 Å². The number of hydrogen-bond donors (Lipinski definition) is 1. The van der Waals surface area contributed by atoms with Gasteiger partial charge in [0, 0.05) is 18.5 Å². The Morgan fingerprint density at radius 1 is 1.18 bits per heavy atom. The lowest BCUT2D eigenvalue weighted by Gasteiger charge is -2.39. The Kier molecular flexibility index (Phi) is 3.45. The maximum atomic E-state index is 13.0. The molecule has 0 amide bonds. The molecule has 1 atom stereocenters. The summed E-state index contributed by atoms with van der Waals surface area (Å²) in [5.74, 6) is 2.41. The minimum Gasteiger partial charge on any atom is -0.309 e. The highest BCUT2D eigenvalue weighted by atomic mass is 19.1. The monoisotopic (exact) mass is 300 g/mol. The van der Waals surface area contributed by atoms with Gasteiger partial charge in [-0.25, -0.2) is 14.1 Å². The maximum Gasteiger partial charge on any atom is 0.147 e. The van der Waals surface area contributed by atoms with Crippen LogP contribution in [0.4, 0.5) is 4.39 Å². The predicted octanol–water partition coefficient (Wildman–Crippen LogP) is 2.58. The molecule has 0 radical (unpaired) electrons. The van der Waals surface area contributed by atoms with Crippen molar-refractivity contribution >= 4 is 0 Å². The second-order valence-electron chi connectivity index (χ2n) is 6.58. The molecule has 0 saturated heterocycles. The van der Waals surface area contributed by atoms with Crippen molar-refractivity contribution in [2.45, 2.75) is 57.2 Å². The number of nitrogens with one attached hydrogen (secondary N) is 1. The van der Waals surface area contributed by atoms with Gasteiger partial charge in [-0.1, -0.05) is 12.1 Å². The quantitative estimate of drug-likeness (QED) is 0.947. The van der Waals surface area contributed by atoms with Crippen molar-refractivity contribution < 1.29 is 4.39 Å². The molecule has 4 rings (SSSR count). The molecular weight excluding hydrogens is 279 g/mol. The van der Waals surface area contributed by atoms with Gasteiger partial charge in [0.15, 0.2) is 0 Å². The van der Waals surface area contributed by atoms with E-state index in [0.29, 0.717) is 18.0 Å². The zero-order chi connectivity index (χ0) is 15.1. The number of hydrogen-bond acceptors (Lipinski definition) is 3. The zero-order valence-corrected chi connectivity index (χ0v) is 12.8. The normalized spacial score (nSPS) is 27.3. The van der Waals surface area contributed by atoms with Crippen molar-refractivity contribution in [2.24, 2.45) is 0 Å². The number of benzene rings is 1. The van der Waals surface area contributed by atoms with E-state index in [9.17, 15) is 4.39 Å². The molecule has 0 bridgehead atoms. The average molecular weight is 300 g/mol. The standard InChI is InChI=1S/C17H21FN4/c1-11-19-17-7-6-15(10-22(17)21-11)20-16-8-13(9-16)12-2-4-14(18)5-3-12/h2-5,13,15-16,20H,6-10H2,1H3. The van der Waals surface area contributed by atoms with Crippen LogP contribution < -0.4 is 5.32 Å². The van der Waals surface area contributed by atoms with Gasteiger partial charge >= 0.3 is 0 Å². The Bertz CT molecular complexity index is 658. The molecule has 0 spiro atoms. The number of nitrogens with zero attached hydrogens (tertiary/aromatic N) is 3. The Labute approximate surface area is 129 Å². The van der Waals surface area contributed by atoms with Gasteiger partial charge in [-0.3, -0.25) is 0 Å². The molecule has 2 aliphatic rings. The van der Waals surface area contributed by atoms with E-state index >= 15 is 0 Å². The van der Waals surface area contributed by atoms with Gasteiger partial charge in [0.2, 0.25) is 0 Å². The van der Waals surface area contributed by atoms with Crippen molar-refractivity contribution in [3.63, 3.8) is 0 Å². The van der Waals surface area contributed by atoms with Crippen LogP contribution in [0.3, 0.4) is 0 Å². The molecule has 2 aromatic rings. The van der Waals surface area contributed by atoms with E-state index in [1.54, 1.807) is 12.1 Å². The van der Waals surface area contributed by atoms with Gasteiger partial charge in [-0.05, 0) is 49.8 Å². The number of halogens is 1. The molecule has 4 nitrogen and oxygen atoms in total. The summed E-state index contributed by atoms with van der Waals surface area (Å²) in [5.41, 5.74) is 1.26. The summed E-state index contributed by atoms with van der Waals surface area (Å²) in [6.45, 7) is 2.88. The lowest BCUT2D eigenvalue weighted by atomic mass is 9.75. The third kappa shape index (κ3) is 2.65. The van der Waals surface area contributed by atoms with Crippen LogP contribution in [0.2, 0.25) is 0 Å². The first-order chi connectivity index (χ1) is 10.7. The van der Waals surface area contributed by atoms with E-state index in [4.69, 9.17) is 0 Å². The van der Waals surface area contributed by atoms with E-state index < -0.39 is 0 Å². The van der Waals surface area contributed by atoms with Gasteiger partial charge < -0.3 is 5.32 Å². The number of fused-ring (bicyclic) bond motifs is 1. The predicted molar refractivity (Wildman–Crippen MR) is 82.2 cm³/mol. The zero-order valence-electron chi connectivity index (χ0n) is 12.8. The van der Waals surface area contributed by atoms with Crippen LogP contribution in [0.15, 0.2) is 24.3 Å². The Balaban J connectivity index is 1.30. The molecule has 1 aliphatic carbocycles. The lowest BCUT2D eigenvalue weighted by molar-refractivity contribution is 0.234. The molecular formula is C17H21FN4. The van der Waals surface area contributed by atoms with Crippen LogP contribution in [-0.4, -0.2) is 26.8 Å². The van der Waals surface area contributed by atoms with Crippen molar-refractivity contribution in [1.82, 2.24) is 20.1 Å². The SMILES string of the molecule is Cc1nc2n(n1)CC(NC1CC(c3ccc(F)cc3)C1)CC2. The molecule has 1 N–H and O–H groups in total. The van der Waals surface area contributed by atoms with E-state index in [-0.39, 0.29) is 5.82 Å². The summed E-state index contributed by atoms with van der Waals surface area (Å²) in [7, 11) is 0. The topological polar surface area (TPSA) is 42.7 Å². The second-order valence-corrected chi connectivity index (χ2v) is 6.58. The molecule has 1 aliphatic heterocycles. The number of rotatable bonds is 3. The Morgan fingerprint density at radius 3 is 2.73 bits per heavy atom. The van der Waals surface area contributed by atoms with E-state index in [0.717, 1.165) is 43.9 Å². The van der Waals surface area contributed by atoms with Crippen LogP contribution in [0.25, 0.3) is 0 Å². The molecule has 116 valence electrons. The van der Waals surface area contributed by atoms with E-state index in [2.05, 4.69) is 15.4 Å². The Morgan fingerprint density at radius 2 is 1.95 bits per heavy atom. The van der Waals surface area contributed by atoms with Crippen LogP contribution in [-0.2, 0) is 13.0 Å². The van der Waals surface area contributed by atoms with Gasteiger partial charge in [0.25, 0.3) is 0 Å². The minimum atomic E-state index is -0.154. The molecule has 1 aromatic carbocycles. The first kappa shape index (κ1) is 13.9. The smallest absolute Gasteiger partial charge is 0.147 e. The van der Waals surface area contributed by atoms with Crippen LogP contribution in [0, 0.1) is 12.7 Å². The number of aryl methyl sites for hydroxylation is 2. The summed E-state index contributed by atoms with van der Waals surface area (Å²) in [6, 6.07) is 8.03. The molecule has 22 heavy (non-hydrogen) atoms. The van der Waals surface area contributed by atoms with Crippen LogP contribution in [0.1, 0.15) is 42.4 Å². The average Bonchev–Trinajstić information content (AvgIpc) is 2.83. The first-order valence-corrected chi connectivity index (χ1v) is 8.09. The summed E-state index contributed by atoms with van der Waals surface area (Å²) in [5, 5.41) is 8.21. The fourth-order valence-corrected chi connectivity index (χ4v) is 3.66. The van der Waals surface area contributed by atoms with Gasteiger partial charge in [-0.2, -0.15) is 5.10 Å². The van der Waals surface area contributed by atoms with Gasteiger partial charge in [-0.15, -0.1) is 0 Å². The van der Waals surface area contributed by atoms with E-state index in [1.807, 2.05) is 23.7 Å². The highest BCUT2D eigenvalue weighted by Gasteiger charge is 2.32. The molecule has 5 heteroatoms. The van der Waals surface area contributed by atoms with Crippen molar-refractivity contribution in [1.29, 1.82) is 0 Å². The summed E-state index contributed by atoms with van der Waals surface area (Å²) < 4.78 is 15.0. The first-order valence-electron chi connectivity index (χ1n) is 8.09. The molecule has 1 saturated carbocycles. The third-order valence-corrected chi connectivity index (χ3v) is 4.91. The van der Waals surface area contributed by atoms with Crippen molar-refractivity contribution in [2.75, 3.05) is 0 Å². The fraction of sp³-hybridized carbons (Fsp3) is 0.529. The molecule has 1 unspecified atom stereocenters. The summed E-state index contributed by atoms with van der Waals surface area (Å²) in [4.78, 5) is 4.45. The largest absolute Gasteiger partial charge is 0.309 e. The van der Waals surface area contributed by atoms with Crippen molar-refractivity contribution in [3.8, 4) is 0 Å². The number of aromatic nitrogens is 3.